The fourth-order valence-corrected chi connectivity index (χ4v) is 2.85. The van der Waals surface area contributed by atoms with Crippen LogP contribution < -0.4 is 5.32 Å². The second-order valence-electron chi connectivity index (χ2n) is 5.14. The van der Waals surface area contributed by atoms with Crippen LogP contribution in [0.5, 0.6) is 0 Å². The minimum atomic E-state index is 0.852. The summed E-state index contributed by atoms with van der Waals surface area (Å²) in [5, 5.41) is 3.48. The summed E-state index contributed by atoms with van der Waals surface area (Å²) in [5.74, 6) is 0.926. The molecule has 0 aromatic rings. The van der Waals surface area contributed by atoms with Gasteiger partial charge in [0, 0.05) is 6.04 Å². The number of rotatable bonds is 7. The fourth-order valence-electron chi connectivity index (χ4n) is 2.85. The third-order valence-electron chi connectivity index (χ3n) is 3.94. The third-order valence-corrected chi connectivity index (χ3v) is 3.94. The first-order valence-corrected chi connectivity index (χ1v) is 7.26. The highest BCUT2D eigenvalue weighted by molar-refractivity contribution is 4.78. The van der Waals surface area contributed by atoms with Gasteiger partial charge >= 0.3 is 0 Å². The molecule has 1 saturated heterocycles. The molecule has 0 saturated carbocycles. The summed E-state index contributed by atoms with van der Waals surface area (Å²) in [5.41, 5.74) is 0. The lowest BCUT2D eigenvalue weighted by Gasteiger charge is -2.37. The molecule has 0 aromatic heterocycles. The van der Waals surface area contributed by atoms with Crippen LogP contribution in [-0.2, 0) is 0 Å². The largest absolute Gasteiger partial charge is 0.317 e. The van der Waals surface area contributed by atoms with Crippen LogP contribution >= 0.6 is 0 Å². The van der Waals surface area contributed by atoms with Gasteiger partial charge in [-0.05, 0) is 57.8 Å². The third kappa shape index (κ3) is 4.42. The van der Waals surface area contributed by atoms with Crippen LogP contribution in [-0.4, -0.2) is 37.1 Å². The number of hydrogen-bond donors (Lipinski definition) is 1. The summed E-state index contributed by atoms with van der Waals surface area (Å²) in [6.07, 6.45) is 6.83. The van der Waals surface area contributed by atoms with E-state index < -0.39 is 0 Å². The molecule has 0 spiro atoms. The Morgan fingerprint density at radius 1 is 1.19 bits per heavy atom. The lowest BCUT2D eigenvalue weighted by Crippen LogP contribution is -2.42. The first kappa shape index (κ1) is 14.0. The highest BCUT2D eigenvalue weighted by Crippen LogP contribution is 2.21. The number of nitrogens with zero attached hydrogens (tertiary/aromatic N) is 1. The Balaban J connectivity index is 2.24. The maximum atomic E-state index is 3.48. The number of nitrogens with one attached hydrogen (secondary N) is 1. The molecule has 2 nitrogen and oxygen atoms in total. The summed E-state index contributed by atoms with van der Waals surface area (Å²) in [4.78, 5) is 2.73. The molecule has 1 rings (SSSR count). The Bertz CT molecular complexity index is 162. The molecule has 0 aliphatic carbocycles. The van der Waals surface area contributed by atoms with Crippen molar-refractivity contribution < 1.29 is 0 Å². The number of piperidine rings is 1. The highest BCUT2D eigenvalue weighted by Gasteiger charge is 2.23. The van der Waals surface area contributed by atoms with E-state index in [0.29, 0.717) is 0 Å². The van der Waals surface area contributed by atoms with Crippen molar-refractivity contribution >= 4 is 0 Å². The van der Waals surface area contributed by atoms with Gasteiger partial charge in [0.1, 0.15) is 0 Å². The van der Waals surface area contributed by atoms with Crippen LogP contribution in [0.2, 0.25) is 0 Å². The molecular formula is C14H30N2. The van der Waals surface area contributed by atoms with Crippen molar-refractivity contribution in [2.75, 3.05) is 26.2 Å². The van der Waals surface area contributed by atoms with Gasteiger partial charge in [0.15, 0.2) is 0 Å². The molecule has 2 heteroatoms. The van der Waals surface area contributed by atoms with Crippen LogP contribution in [0.4, 0.5) is 0 Å². The van der Waals surface area contributed by atoms with Crippen LogP contribution in [0.25, 0.3) is 0 Å². The molecule has 1 aliphatic rings. The maximum Gasteiger partial charge on any atom is 0.00925 e. The molecule has 1 unspecified atom stereocenters. The second kappa shape index (κ2) is 8.08. The van der Waals surface area contributed by atoms with Crippen molar-refractivity contribution in [3.8, 4) is 0 Å². The molecule has 1 fully saturated rings. The van der Waals surface area contributed by atoms with Crippen molar-refractivity contribution in [2.45, 2.75) is 58.9 Å². The van der Waals surface area contributed by atoms with Gasteiger partial charge in [-0.2, -0.15) is 0 Å². The van der Waals surface area contributed by atoms with Crippen molar-refractivity contribution in [3.63, 3.8) is 0 Å². The lowest BCUT2D eigenvalue weighted by molar-refractivity contribution is 0.122. The van der Waals surface area contributed by atoms with E-state index in [9.17, 15) is 0 Å². The van der Waals surface area contributed by atoms with Crippen molar-refractivity contribution in [3.05, 3.63) is 0 Å². The Hall–Kier alpha value is -0.0800. The van der Waals surface area contributed by atoms with E-state index in [1.54, 1.807) is 0 Å². The first-order chi connectivity index (χ1) is 7.81. The van der Waals surface area contributed by atoms with Gasteiger partial charge in [-0.3, -0.25) is 0 Å². The van der Waals surface area contributed by atoms with E-state index in [-0.39, 0.29) is 0 Å². The van der Waals surface area contributed by atoms with E-state index in [4.69, 9.17) is 0 Å². The van der Waals surface area contributed by atoms with E-state index in [0.717, 1.165) is 18.5 Å². The Labute approximate surface area is 102 Å². The normalized spacial score (nSPS) is 21.2. The summed E-state index contributed by atoms with van der Waals surface area (Å²) >= 11 is 0. The maximum absolute atomic E-state index is 3.48. The molecule has 0 bridgehead atoms. The Morgan fingerprint density at radius 2 is 1.88 bits per heavy atom. The smallest absolute Gasteiger partial charge is 0.00925 e. The fraction of sp³-hybridized carbons (Fsp3) is 1.00. The summed E-state index contributed by atoms with van der Waals surface area (Å²) in [6, 6.07) is 0.852. The average Bonchev–Trinajstić information content (AvgIpc) is 2.34. The molecule has 96 valence electrons. The average molecular weight is 226 g/mol. The van der Waals surface area contributed by atoms with E-state index in [1.165, 1.54) is 51.7 Å². The van der Waals surface area contributed by atoms with Gasteiger partial charge in [0.2, 0.25) is 0 Å². The highest BCUT2D eigenvalue weighted by atomic mass is 15.2. The van der Waals surface area contributed by atoms with Crippen LogP contribution in [0, 0.1) is 5.92 Å². The summed E-state index contributed by atoms with van der Waals surface area (Å²) in [7, 11) is 0. The zero-order valence-corrected chi connectivity index (χ0v) is 11.5. The van der Waals surface area contributed by atoms with E-state index >= 15 is 0 Å². The van der Waals surface area contributed by atoms with Crippen LogP contribution in [0.15, 0.2) is 0 Å². The SMILES string of the molecule is CCCC(CC)N1CCC(CNCC)CC1. The molecule has 1 aliphatic heterocycles. The minimum Gasteiger partial charge on any atom is -0.317 e. The quantitative estimate of drug-likeness (QED) is 0.718. The second-order valence-corrected chi connectivity index (χ2v) is 5.14. The molecule has 0 amide bonds. The van der Waals surface area contributed by atoms with Gasteiger partial charge in [0.25, 0.3) is 0 Å². The molecule has 1 N–H and O–H groups in total. The zero-order chi connectivity index (χ0) is 11.8. The van der Waals surface area contributed by atoms with Gasteiger partial charge in [-0.1, -0.05) is 27.2 Å². The predicted molar refractivity (Wildman–Crippen MR) is 71.8 cm³/mol. The standard InChI is InChI=1S/C14H30N2/c1-4-7-14(5-2)16-10-8-13(9-11-16)12-15-6-3/h13-15H,4-12H2,1-3H3. The van der Waals surface area contributed by atoms with Crippen molar-refractivity contribution in [2.24, 2.45) is 5.92 Å². The molecule has 0 aromatic carbocycles. The van der Waals surface area contributed by atoms with Crippen molar-refractivity contribution in [1.82, 2.24) is 10.2 Å². The van der Waals surface area contributed by atoms with Gasteiger partial charge in [-0.15, -0.1) is 0 Å². The van der Waals surface area contributed by atoms with Crippen LogP contribution in [0.1, 0.15) is 52.9 Å². The minimum absolute atomic E-state index is 0.852. The molecule has 16 heavy (non-hydrogen) atoms. The number of hydrogen-bond acceptors (Lipinski definition) is 2. The van der Waals surface area contributed by atoms with E-state index in [2.05, 4.69) is 31.0 Å². The molecule has 1 atom stereocenters. The predicted octanol–water partition coefficient (Wildman–Crippen LogP) is 2.89. The lowest BCUT2D eigenvalue weighted by atomic mass is 9.94. The Morgan fingerprint density at radius 3 is 2.38 bits per heavy atom. The summed E-state index contributed by atoms with van der Waals surface area (Å²) < 4.78 is 0. The Kier molecular flexibility index (Phi) is 7.06. The van der Waals surface area contributed by atoms with E-state index in [1.807, 2.05) is 0 Å². The topological polar surface area (TPSA) is 15.3 Å². The van der Waals surface area contributed by atoms with Crippen molar-refractivity contribution in [1.29, 1.82) is 0 Å². The van der Waals surface area contributed by atoms with Crippen LogP contribution in [0.3, 0.4) is 0 Å². The monoisotopic (exact) mass is 226 g/mol. The van der Waals surface area contributed by atoms with Gasteiger partial charge in [0.05, 0.1) is 0 Å². The summed E-state index contributed by atoms with van der Waals surface area (Å²) in [6.45, 7) is 11.8. The molecule has 0 radical (unpaired) electrons. The van der Waals surface area contributed by atoms with Gasteiger partial charge in [-0.25, -0.2) is 0 Å². The zero-order valence-electron chi connectivity index (χ0n) is 11.5. The molecule has 1 heterocycles. The first-order valence-electron chi connectivity index (χ1n) is 7.26. The number of likely N-dealkylation sites (tertiary alicyclic amines) is 1. The van der Waals surface area contributed by atoms with Gasteiger partial charge < -0.3 is 10.2 Å². The molecular weight excluding hydrogens is 196 g/mol.